The van der Waals surface area contributed by atoms with Crippen LogP contribution in [0.5, 0.6) is 0 Å². The molecule has 0 spiro atoms. The summed E-state index contributed by atoms with van der Waals surface area (Å²) in [7, 11) is -4.63. The van der Waals surface area contributed by atoms with Crippen molar-refractivity contribution in [2.24, 2.45) is 5.73 Å². The lowest BCUT2D eigenvalue weighted by Crippen LogP contribution is -2.34. The fourth-order valence-corrected chi connectivity index (χ4v) is 7.21. The molecular formula is C52H90NO9P. The van der Waals surface area contributed by atoms with Crippen LogP contribution in [0.25, 0.3) is 0 Å². The molecule has 11 heteroatoms. The topological polar surface area (TPSA) is 155 Å². The van der Waals surface area contributed by atoms with Crippen LogP contribution in [0.3, 0.4) is 0 Å². The Hall–Kier alpha value is -2.85. The summed E-state index contributed by atoms with van der Waals surface area (Å²) in [6.45, 7) is 3.64. The van der Waals surface area contributed by atoms with E-state index in [1.807, 2.05) is 0 Å². The first-order valence-corrected chi connectivity index (χ1v) is 26.1. The number of unbranched alkanes of at least 4 members (excludes halogenated alkanes) is 18. The molecule has 0 aromatic rings. The molecule has 0 fully saturated rings. The van der Waals surface area contributed by atoms with Crippen molar-refractivity contribution >= 4 is 19.8 Å². The van der Waals surface area contributed by atoms with Crippen LogP contribution in [0.4, 0.5) is 0 Å². The van der Waals surface area contributed by atoms with E-state index in [2.05, 4.69) is 98.9 Å². The van der Waals surface area contributed by atoms with E-state index in [0.717, 1.165) is 96.3 Å². The molecule has 0 aromatic carbocycles. The molecule has 3 atom stereocenters. The molecule has 0 radical (unpaired) electrons. The van der Waals surface area contributed by atoms with E-state index in [0.29, 0.717) is 13.0 Å². The van der Waals surface area contributed by atoms with Gasteiger partial charge >= 0.3 is 19.8 Å². The predicted molar refractivity (Wildman–Crippen MR) is 263 cm³/mol. The van der Waals surface area contributed by atoms with Crippen molar-refractivity contribution in [1.82, 2.24) is 0 Å². The smallest absolute Gasteiger partial charge is 0.472 e. The number of phosphoric ester groups is 1. The van der Waals surface area contributed by atoms with Gasteiger partial charge in [-0.3, -0.25) is 18.6 Å². The molecule has 0 bridgehead atoms. The van der Waals surface area contributed by atoms with Gasteiger partial charge in [0.15, 0.2) is 0 Å². The van der Waals surface area contributed by atoms with Crippen molar-refractivity contribution in [3.63, 3.8) is 0 Å². The second-order valence-electron chi connectivity index (χ2n) is 16.2. The number of allylic oxidation sites excluding steroid dienone is 14. The van der Waals surface area contributed by atoms with Gasteiger partial charge in [-0.05, 0) is 83.5 Å². The van der Waals surface area contributed by atoms with Gasteiger partial charge in [0.1, 0.15) is 12.1 Å². The van der Waals surface area contributed by atoms with Gasteiger partial charge < -0.3 is 25.2 Å². The molecule has 63 heavy (non-hydrogen) atoms. The molecule has 10 nitrogen and oxygen atoms in total. The molecule has 0 aromatic heterocycles. The second-order valence-corrected chi connectivity index (χ2v) is 17.6. The van der Waals surface area contributed by atoms with Gasteiger partial charge in [0.05, 0.1) is 19.8 Å². The number of hydrogen-bond donors (Lipinski definition) is 3. The van der Waals surface area contributed by atoms with Crippen LogP contribution in [0.1, 0.15) is 194 Å². The molecule has 0 saturated heterocycles. The number of nitrogens with two attached hydrogens (primary N) is 1. The van der Waals surface area contributed by atoms with E-state index in [-0.39, 0.29) is 13.0 Å². The average Bonchev–Trinajstić information content (AvgIpc) is 3.26. The Morgan fingerprint density at radius 3 is 1.30 bits per heavy atom. The summed E-state index contributed by atoms with van der Waals surface area (Å²) in [4.78, 5) is 33.7. The third-order valence-corrected chi connectivity index (χ3v) is 11.1. The predicted octanol–water partition coefficient (Wildman–Crippen LogP) is 14.3. The number of carboxylic acid groups (broad SMARTS) is 1. The summed E-state index contributed by atoms with van der Waals surface area (Å²) in [5.74, 6) is -1.79. The molecule has 0 rings (SSSR count). The lowest BCUT2D eigenvalue weighted by atomic mass is 10.0. The molecule has 4 N–H and O–H groups in total. The number of carbonyl (C=O) groups excluding carboxylic acids is 1. The van der Waals surface area contributed by atoms with Gasteiger partial charge in [0.2, 0.25) is 0 Å². The first-order valence-electron chi connectivity index (χ1n) is 24.6. The van der Waals surface area contributed by atoms with Crippen molar-refractivity contribution in [2.75, 3.05) is 26.4 Å². The standard InChI is InChI=1S/C52H90NO9P/c1-3-5-7-9-11-13-15-17-19-21-23-24-25-26-27-28-30-32-34-36-38-40-42-44-51(54)62-49(47-60-63(57,58)61-48-50(53)52(55)56)46-59-45-43-41-39-37-35-33-31-29-22-20-18-16-14-12-10-8-6-4-2/h5-8,11-14,17-20,23-24,49-50H,3-4,9-10,15-16,21-22,25-48,53H2,1-2H3,(H,55,56)(H,57,58)/b7-5-,8-6-,13-11-,14-12-,19-17-,20-18-,24-23-. The summed E-state index contributed by atoms with van der Waals surface area (Å²) < 4.78 is 33.5. The van der Waals surface area contributed by atoms with Crippen LogP contribution >= 0.6 is 7.82 Å². The van der Waals surface area contributed by atoms with E-state index in [1.54, 1.807) is 0 Å². The van der Waals surface area contributed by atoms with Gasteiger partial charge in [-0.15, -0.1) is 0 Å². The quantitative estimate of drug-likeness (QED) is 0.0233. The van der Waals surface area contributed by atoms with Crippen LogP contribution in [0.15, 0.2) is 85.1 Å². The summed E-state index contributed by atoms with van der Waals surface area (Å²) in [5.41, 5.74) is 5.37. The highest BCUT2D eigenvalue weighted by Gasteiger charge is 2.27. The van der Waals surface area contributed by atoms with Crippen LogP contribution in [0.2, 0.25) is 0 Å². The maximum atomic E-state index is 12.7. The van der Waals surface area contributed by atoms with Crippen molar-refractivity contribution in [2.45, 2.75) is 206 Å². The van der Waals surface area contributed by atoms with Crippen molar-refractivity contribution in [1.29, 1.82) is 0 Å². The Kier molecular flexibility index (Phi) is 45.0. The normalized spacial score (nSPS) is 14.5. The molecule has 0 aliphatic carbocycles. The maximum Gasteiger partial charge on any atom is 0.472 e. The van der Waals surface area contributed by atoms with E-state index in [1.165, 1.54) is 70.6 Å². The number of ether oxygens (including phenoxy) is 2. The number of carbonyl (C=O) groups is 2. The van der Waals surface area contributed by atoms with Gasteiger partial charge in [0, 0.05) is 13.0 Å². The molecule has 0 saturated carbocycles. The number of phosphoric acid groups is 1. The Bertz CT molecular complexity index is 1320. The highest BCUT2D eigenvalue weighted by molar-refractivity contribution is 7.47. The number of carboxylic acids is 1. The average molecular weight is 904 g/mol. The molecule has 362 valence electrons. The SMILES string of the molecule is CC/C=C\C/C=C\C/C=C\C/C=C\CCCCCCCCCCCCC(=O)OC(COCCCCCCCCCC/C=C\C/C=C\C/C=C\CC)COP(=O)(O)OCC(N)C(=O)O. The van der Waals surface area contributed by atoms with Crippen LogP contribution in [-0.2, 0) is 32.7 Å². The zero-order valence-corrected chi connectivity index (χ0v) is 40.5. The Morgan fingerprint density at radius 1 is 0.508 bits per heavy atom. The number of esters is 1. The van der Waals surface area contributed by atoms with Crippen LogP contribution in [-0.4, -0.2) is 60.5 Å². The largest absolute Gasteiger partial charge is 0.480 e. The molecule has 0 heterocycles. The number of hydrogen-bond acceptors (Lipinski definition) is 8. The summed E-state index contributed by atoms with van der Waals surface area (Å²) in [6, 6.07) is -1.48. The molecule has 0 aliphatic heterocycles. The fourth-order valence-electron chi connectivity index (χ4n) is 6.43. The Balaban J connectivity index is 4.18. The van der Waals surface area contributed by atoms with Crippen LogP contribution < -0.4 is 5.73 Å². The lowest BCUT2D eigenvalue weighted by molar-refractivity contribution is -0.154. The van der Waals surface area contributed by atoms with E-state index in [4.69, 9.17) is 29.4 Å². The minimum Gasteiger partial charge on any atom is -0.480 e. The third-order valence-electron chi connectivity index (χ3n) is 10.2. The van der Waals surface area contributed by atoms with E-state index < -0.39 is 45.1 Å². The first-order chi connectivity index (χ1) is 30.7. The maximum absolute atomic E-state index is 12.7. The summed E-state index contributed by atoms with van der Waals surface area (Å²) >= 11 is 0. The lowest BCUT2D eigenvalue weighted by Gasteiger charge is -2.20. The molecular weight excluding hydrogens is 814 g/mol. The monoisotopic (exact) mass is 904 g/mol. The Morgan fingerprint density at radius 2 is 0.873 bits per heavy atom. The highest BCUT2D eigenvalue weighted by atomic mass is 31.2. The molecule has 0 aliphatic rings. The van der Waals surface area contributed by atoms with Gasteiger partial charge in [-0.1, -0.05) is 189 Å². The summed E-state index contributed by atoms with van der Waals surface area (Å²) in [5, 5.41) is 8.92. The highest BCUT2D eigenvalue weighted by Crippen LogP contribution is 2.43. The number of aliphatic carboxylic acids is 1. The first kappa shape index (κ1) is 60.2. The van der Waals surface area contributed by atoms with Crippen molar-refractivity contribution in [3.8, 4) is 0 Å². The van der Waals surface area contributed by atoms with Crippen molar-refractivity contribution in [3.05, 3.63) is 85.1 Å². The second kappa shape index (κ2) is 47.1. The van der Waals surface area contributed by atoms with Crippen LogP contribution in [0, 0.1) is 0 Å². The zero-order valence-electron chi connectivity index (χ0n) is 39.6. The van der Waals surface area contributed by atoms with Gasteiger partial charge in [-0.25, -0.2) is 4.57 Å². The van der Waals surface area contributed by atoms with E-state index in [9.17, 15) is 19.0 Å². The van der Waals surface area contributed by atoms with E-state index >= 15 is 0 Å². The number of rotatable bonds is 46. The fraction of sp³-hybridized carbons (Fsp3) is 0.692. The van der Waals surface area contributed by atoms with Crippen molar-refractivity contribution < 1.29 is 42.7 Å². The molecule has 3 unspecified atom stereocenters. The van der Waals surface area contributed by atoms with Gasteiger partial charge in [0.25, 0.3) is 0 Å². The summed E-state index contributed by atoms with van der Waals surface area (Å²) in [6.07, 6.45) is 60.6. The Labute approximate surface area is 384 Å². The third kappa shape index (κ3) is 46.9. The minimum atomic E-state index is -4.63. The minimum absolute atomic E-state index is 0.00580. The molecule has 0 amide bonds. The van der Waals surface area contributed by atoms with Gasteiger partial charge in [-0.2, -0.15) is 0 Å². The zero-order chi connectivity index (χ0) is 46.2.